The van der Waals surface area contributed by atoms with E-state index < -0.39 is 6.03 Å². The third kappa shape index (κ3) is 2.87. The van der Waals surface area contributed by atoms with Crippen molar-refractivity contribution in [2.24, 2.45) is 5.73 Å². The number of nitrogens with zero attached hydrogens (tertiary/aromatic N) is 1. The number of hydrogen-bond acceptors (Lipinski definition) is 2. The quantitative estimate of drug-likeness (QED) is 0.886. The fourth-order valence-corrected chi connectivity index (χ4v) is 2.93. The molecule has 2 aromatic rings. The number of carbonyl (C=O) groups is 2. The van der Waals surface area contributed by atoms with Crippen molar-refractivity contribution in [3.05, 3.63) is 58.1 Å². The van der Waals surface area contributed by atoms with Gasteiger partial charge in [-0.1, -0.05) is 17.7 Å². The van der Waals surface area contributed by atoms with Crippen LogP contribution in [0.4, 0.5) is 16.2 Å². The predicted octanol–water partition coefficient (Wildman–Crippen LogP) is 3.34. The molecule has 0 atom stereocenters. The number of carbonyl (C=O) groups excluding carboxylic acids is 2. The lowest BCUT2D eigenvalue weighted by Gasteiger charge is -2.14. The highest BCUT2D eigenvalue weighted by Crippen LogP contribution is 2.30. The van der Waals surface area contributed by atoms with Crippen LogP contribution in [0, 0.1) is 6.92 Å². The number of nitrogens with one attached hydrogen (secondary N) is 1. The predicted molar refractivity (Wildman–Crippen MR) is 91.2 cm³/mol. The van der Waals surface area contributed by atoms with Crippen molar-refractivity contribution in [3.8, 4) is 0 Å². The molecule has 118 valence electrons. The number of benzene rings is 2. The van der Waals surface area contributed by atoms with Gasteiger partial charge in [-0.25, -0.2) is 4.79 Å². The van der Waals surface area contributed by atoms with Gasteiger partial charge >= 0.3 is 6.03 Å². The fraction of sp³-hybridized carbons (Fsp3) is 0.176. The second kappa shape index (κ2) is 5.93. The second-order valence-electron chi connectivity index (χ2n) is 5.45. The third-order valence-corrected chi connectivity index (χ3v) is 4.42. The molecule has 0 radical (unpaired) electrons. The monoisotopic (exact) mass is 329 g/mol. The van der Waals surface area contributed by atoms with Crippen molar-refractivity contribution in [3.63, 3.8) is 0 Å². The average molecular weight is 330 g/mol. The van der Waals surface area contributed by atoms with Gasteiger partial charge in [0, 0.05) is 28.5 Å². The van der Waals surface area contributed by atoms with Crippen LogP contribution in [0.3, 0.4) is 0 Å². The van der Waals surface area contributed by atoms with Crippen LogP contribution >= 0.6 is 11.6 Å². The van der Waals surface area contributed by atoms with Gasteiger partial charge in [0.2, 0.25) is 0 Å². The van der Waals surface area contributed by atoms with Gasteiger partial charge < -0.3 is 11.1 Å². The Morgan fingerprint density at radius 3 is 2.78 bits per heavy atom. The van der Waals surface area contributed by atoms with E-state index in [0.29, 0.717) is 22.8 Å². The summed E-state index contributed by atoms with van der Waals surface area (Å²) >= 11 is 6.05. The van der Waals surface area contributed by atoms with Gasteiger partial charge in [-0.05, 0) is 54.8 Å². The summed E-state index contributed by atoms with van der Waals surface area (Å²) in [5, 5.41) is 3.43. The molecule has 1 heterocycles. The zero-order valence-corrected chi connectivity index (χ0v) is 13.4. The van der Waals surface area contributed by atoms with Crippen LogP contribution in [0.2, 0.25) is 5.02 Å². The molecule has 5 nitrogen and oxygen atoms in total. The number of hydrogen-bond donors (Lipinski definition) is 2. The Balaban J connectivity index is 1.83. The minimum Gasteiger partial charge on any atom is -0.351 e. The van der Waals surface area contributed by atoms with Gasteiger partial charge in [0.1, 0.15) is 0 Å². The summed E-state index contributed by atoms with van der Waals surface area (Å²) in [5.41, 5.74) is 9.10. The van der Waals surface area contributed by atoms with Crippen molar-refractivity contribution in [2.75, 3.05) is 16.8 Å². The molecule has 0 saturated carbocycles. The molecule has 3 rings (SSSR count). The molecule has 2 aromatic carbocycles. The standard InChI is InChI=1S/C17H16ClN3O2/c1-10-13(3-2-4-14(10)18)16(22)20-12-5-6-15-11(9-12)7-8-21(15)17(19)23/h2-6,9H,7-8H2,1H3,(H2,19,23)(H,20,22). The van der Waals surface area contributed by atoms with Gasteiger partial charge in [0.05, 0.1) is 0 Å². The number of nitrogens with two attached hydrogens (primary N) is 1. The molecule has 0 aliphatic carbocycles. The Morgan fingerprint density at radius 2 is 2.04 bits per heavy atom. The van der Waals surface area contributed by atoms with E-state index in [4.69, 9.17) is 17.3 Å². The Morgan fingerprint density at radius 1 is 1.26 bits per heavy atom. The summed E-state index contributed by atoms with van der Waals surface area (Å²) in [7, 11) is 0. The lowest BCUT2D eigenvalue weighted by molar-refractivity contribution is 0.102. The Kier molecular flexibility index (Phi) is 3.96. The van der Waals surface area contributed by atoms with Crippen molar-refractivity contribution < 1.29 is 9.59 Å². The van der Waals surface area contributed by atoms with Crippen molar-refractivity contribution in [1.29, 1.82) is 0 Å². The van der Waals surface area contributed by atoms with Crippen LogP contribution < -0.4 is 16.0 Å². The zero-order valence-electron chi connectivity index (χ0n) is 12.6. The summed E-state index contributed by atoms with van der Waals surface area (Å²) in [5.74, 6) is -0.213. The van der Waals surface area contributed by atoms with Crippen molar-refractivity contribution in [1.82, 2.24) is 0 Å². The maximum Gasteiger partial charge on any atom is 0.319 e. The Labute approximate surface area is 139 Å². The van der Waals surface area contributed by atoms with E-state index >= 15 is 0 Å². The van der Waals surface area contributed by atoms with E-state index in [0.717, 1.165) is 23.2 Å². The second-order valence-corrected chi connectivity index (χ2v) is 5.86. The Bertz CT molecular complexity index is 804. The van der Waals surface area contributed by atoms with Gasteiger partial charge in [0.25, 0.3) is 5.91 Å². The minimum absolute atomic E-state index is 0.213. The third-order valence-electron chi connectivity index (χ3n) is 4.01. The largest absolute Gasteiger partial charge is 0.351 e. The van der Waals surface area contributed by atoms with E-state index in [1.54, 1.807) is 30.3 Å². The summed E-state index contributed by atoms with van der Waals surface area (Å²) < 4.78 is 0. The molecular weight excluding hydrogens is 314 g/mol. The van der Waals surface area contributed by atoms with Crippen LogP contribution in [-0.4, -0.2) is 18.5 Å². The highest BCUT2D eigenvalue weighted by molar-refractivity contribution is 6.32. The highest BCUT2D eigenvalue weighted by Gasteiger charge is 2.23. The number of amides is 3. The molecule has 6 heteroatoms. The van der Waals surface area contributed by atoms with Crippen LogP contribution in [0.1, 0.15) is 21.5 Å². The highest BCUT2D eigenvalue weighted by atomic mass is 35.5. The molecule has 3 N–H and O–H groups in total. The number of urea groups is 1. The van der Waals surface area contributed by atoms with E-state index in [1.165, 1.54) is 4.90 Å². The summed E-state index contributed by atoms with van der Waals surface area (Å²) in [6, 6.07) is 10.2. The van der Waals surface area contributed by atoms with E-state index in [-0.39, 0.29) is 5.91 Å². The molecular formula is C17H16ClN3O2. The number of rotatable bonds is 2. The maximum absolute atomic E-state index is 12.4. The molecule has 0 spiro atoms. The lowest BCUT2D eigenvalue weighted by Crippen LogP contribution is -2.33. The number of primary amides is 1. The summed E-state index contributed by atoms with van der Waals surface area (Å²) in [6.07, 6.45) is 0.720. The molecule has 1 aliphatic rings. The lowest BCUT2D eigenvalue weighted by atomic mass is 10.1. The first-order chi connectivity index (χ1) is 11.0. The first-order valence-electron chi connectivity index (χ1n) is 7.23. The van der Waals surface area contributed by atoms with Gasteiger partial charge in [0.15, 0.2) is 0 Å². The molecule has 1 aliphatic heterocycles. The topological polar surface area (TPSA) is 75.4 Å². The Hall–Kier alpha value is -2.53. The molecule has 0 aromatic heterocycles. The van der Waals surface area contributed by atoms with E-state index in [2.05, 4.69) is 5.32 Å². The van der Waals surface area contributed by atoms with Crippen LogP contribution in [0.15, 0.2) is 36.4 Å². The van der Waals surface area contributed by atoms with Crippen LogP contribution in [-0.2, 0) is 6.42 Å². The van der Waals surface area contributed by atoms with Crippen LogP contribution in [0.25, 0.3) is 0 Å². The fourth-order valence-electron chi connectivity index (χ4n) is 2.76. The molecule has 3 amide bonds. The molecule has 0 saturated heterocycles. The van der Waals surface area contributed by atoms with Crippen molar-refractivity contribution >= 4 is 34.9 Å². The first-order valence-corrected chi connectivity index (χ1v) is 7.61. The zero-order chi connectivity index (χ0) is 16.6. The maximum atomic E-state index is 12.4. The summed E-state index contributed by atoms with van der Waals surface area (Å²) in [6.45, 7) is 2.38. The first kappa shape index (κ1) is 15.4. The molecule has 23 heavy (non-hydrogen) atoms. The summed E-state index contributed by atoms with van der Waals surface area (Å²) in [4.78, 5) is 25.3. The number of anilines is 2. The molecule has 0 fully saturated rings. The van der Waals surface area contributed by atoms with Crippen LogP contribution in [0.5, 0.6) is 0 Å². The van der Waals surface area contributed by atoms with Gasteiger partial charge in [-0.3, -0.25) is 9.69 Å². The SMILES string of the molecule is Cc1c(Cl)cccc1C(=O)Nc1ccc2c(c1)CCN2C(N)=O. The van der Waals surface area contributed by atoms with Crippen molar-refractivity contribution in [2.45, 2.75) is 13.3 Å². The number of fused-ring (bicyclic) bond motifs is 1. The average Bonchev–Trinajstić information content (AvgIpc) is 2.93. The molecule has 0 unspecified atom stereocenters. The van der Waals surface area contributed by atoms with Gasteiger partial charge in [-0.2, -0.15) is 0 Å². The number of halogens is 1. The smallest absolute Gasteiger partial charge is 0.319 e. The normalized spacial score (nSPS) is 12.9. The molecule has 0 bridgehead atoms. The van der Waals surface area contributed by atoms with E-state index in [1.807, 2.05) is 13.0 Å². The van der Waals surface area contributed by atoms with Gasteiger partial charge in [-0.15, -0.1) is 0 Å². The van der Waals surface area contributed by atoms with E-state index in [9.17, 15) is 9.59 Å². The minimum atomic E-state index is -0.463.